The van der Waals surface area contributed by atoms with E-state index in [0.717, 1.165) is 29.4 Å². The van der Waals surface area contributed by atoms with E-state index in [9.17, 15) is 0 Å². The van der Waals surface area contributed by atoms with Crippen LogP contribution in [0.15, 0.2) is 30.6 Å². The van der Waals surface area contributed by atoms with Crippen molar-refractivity contribution in [3.63, 3.8) is 0 Å². The molecule has 0 aliphatic carbocycles. The topological polar surface area (TPSA) is 36.3 Å². The Hall–Kier alpha value is -2.12. The Bertz CT molecular complexity index is 656. The Morgan fingerprint density at radius 3 is 2.90 bits per heavy atom. The molecule has 0 aliphatic rings. The minimum absolute atomic E-state index is 0.283. The van der Waals surface area contributed by atoms with Crippen molar-refractivity contribution in [3.05, 3.63) is 42.0 Å². The predicted octanol–water partition coefficient (Wildman–Crippen LogP) is 2.87. The van der Waals surface area contributed by atoms with Crippen molar-refractivity contribution in [3.8, 4) is 23.3 Å². The maximum Gasteiger partial charge on any atom is 0.135 e. The second-order valence-electron chi connectivity index (χ2n) is 4.31. The lowest BCUT2D eigenvalue weighted by Gasteiger charge is -2.11. The van der Waals surface area contributed by atoms with E-state index in [1.165, 1.54) is 0 Å². The minimum Gasteiger partial charge on any atom is -0.497 e. The highest BCUT2D eigenvalue weighted by Crippen LogP contribution is 2.23. The molecule has 21 heavy (non-hydrogen) atoms. The summed E-state index contributed by atoms with van der Waals surface area (Å²) in [5.41, 5.74) is 0.775. The van der Waals surface area contributed by atoms with Gasteiger partial charge in [0.2, 0.25) is 0 Å². The van der Waals surface area contributed by atoms with Crippen molar-refractivity contribution in [2.45, 2.75) is 13.5 Å². The van der Waals surface area contributed by atoms with Gasteiger partial charge in [-0.25, -0.2) is 4.98 Å². The van der Waals surface area contributed by atoms with Gasteiger partial charge < -0.3 is 14.0 Å². The van der Waals surface area contributed by atoms with E-state index in [1.807, 2.05) is 35.9 Å². The van der Waals surface area contributed by atoms with Crippen molar-refractivity contribution in [2.75, 3.05) is 19.6 Å². The van der Waals surface area contributed by atoms with Crippen molar-refractivity contribution in [2.24, 2.45) is 0 Å². The second-order valence-corrected chi connectivity index (χ2v) is 4.58. The SMILES string of the molecule is COc1ccc(OCCn2ccnc2C)c(C#CCCl)c1. The van der Waals surface area contributed by atoms with Crippen LogP contribution in [0.2, 0.25) is 0 Å². The zero-order chi connectivity index (χ0) is 15.1. The molecule has 0 aliphatic heterocycles. The number of hydrogen-bond donors (Lipinski definition) is 0. The van der Waals surface area contributed by atoms with Gasteiger partial charge in [0, 0.05) is 12.4 Å². The molecule has 0 unspecified atom stereocenters. The van der Waals surface area contributed by atoms with Gasteiger partial charge in [-0.05, 0) is 25.1 Å². The molecule has 0 atom stereocenters. The highest BCUT2D eigenvalue weighted by molar-refractivity contribution is 6.19. The van der Waals surface area contributed by atoms with Gasteiger partial charge in [-0.3, -0.25) is 0 Å². The van der Waals surface area contributed by atoms with E-state index in [1.54, 1.807) is 13.3 Å². The molecule has 0 saturated heterocycles. The van der Waals surface area contributed by atoms with Crippen molar-refractivity contribution in [1.82, 2.24) is 9.55 Å². The second kappa shape index (κ2) is 7.61. The summed E-state index contributed by atoms with van der Waals surface area (Å²) in [7, 11) is 1.62. The van der Waals surface area contributed by atoms with Gasteiger partial charge in [-0.1, -0.05) is 11.8 Å². The van der Waals surface area contributed by atoms with E-state index < -0.39 is 0 Å². The van der Waals surface area contributed by atoms with E-state index >= 15 is 0 Å². The third-order valence-corrected chi connectivity index (χ3v) is 3.12. The Balaban J connectivity index is 2.06. The Kier molecular flexibility index (Phi) is 5.53. The van der Waals surface area contributed by atoms with Crippen LogP contribution in [0.1, 0.15) is 11.4 Å². The normalized spacial score (nSPS) is 9.86. The Morgan fingerprint density at radius 1 is 1.38 bits per heavy atom. The number of aromatic nitrogens is 2. The van der Waals surface area contributed by atoms with Crippen LogP contribution in [0.25, 0.3) is 0 Å². The van der Waals surface area contributed by atoms with E-state index in [4.69, 9.17) is 21.1 Å². The Morgan fingerprint density at radius 2 is 2.24 bits per heavy atom. The first-order valence-corrected chi connectivity index (χ1v) is 7.11. The number of nitrogens with zero attached hydrogens (tertiary/aromatic N) is 2. The molecule has 2 rings (SSSR count). The standard InChI is InChI=1S/C16H17ClN2O2/c1-13-18-8-9-19(13)10-11-21-16-6-5-15(20-2)12-14(16)4-3-7-17/h5-6,8-9,12H,7,10-11H2,1-2H3. The summed E-state index contributed by atoms with van der Waals surface area (Å²) in [6.45, 7) is 3.24. The van der Waals surface area contributed by atoms with Crippen LogP contribution >= 0.6 is 11.6 Å². The molecule has 2 aromatic rings. The number of benzene rings is 1. The molecule has 0 radical (unpaired) electrons. The first-order chi connectivity index (χ1) is 10.2. The molecule has 110 valence electrons. The summed E-state index contributed by atoms with van der Waals surface area (Å²) >= 11 is 5.61. The van der Waals surface area contributed by atoms with Crippen molar-refractivity contribution in [1.29, 1.82) is 0 Å². The first kappa shape index (κ1) is 15.3. The zero-order valence-electron chi connectivity index (χ0n) is 12.1. The zero-order valence-corrected chi connectivity index (χ0v) is 12.9. The smallest absolute Gasteiger partial charge is 0.135 e. The Labute approximate surface area is 129 Å². The van der Waals surface area contributed by atoms with Crippen molar-refractivity contribution >= 4 is 11.6 Å². The highest BCUT2D eigenvalue weighted by Gasteiger charge is 2.04. The molecule has 0 bridgehead atoms. The summed E-state index contributed by atoms with van der Waals surface area (Å²) < 4.78 is 13.0. The molecule has 0 spiro atoms. The average Bonchev–Trinajstić information content (AvgIpc) is 2.91. The van der Waals surface area contributed by atoms with Gasteiger partial charge >= 0.3 is 0 Å². The lowest BCUT2D eigenvalue weighted by molar-refractivity contribution is 0.295. The third-order valence-electron chi connectivity index (χ3n) is 2.99. The van der Waals surface area contributed by atoms with Gasteiger partial charge in [0.15, 0.2) is 0 Å². The molecule has 4 nitrogen and oxygen atoms in total. The van der Waals surface area contributed by atoms with Gasteiger partial charge in [-0.15, -0.1) is 11.6 Å². The van der Waals surface area contributed by atoms with E-state index in [-0.39, 0.29) is 5.88 Å². The van der Waals surface area contributed by atoms with Gasteiger partial charge in [0.05, 0.1) is 25.1 Å². The summed E-state index contributed by atoms with van der Waals surface area (Å²) in [6, 6.07) is 5.55. The maximum absolute atomic E-state index is 5.81. The summed E-state index contributed by atoms with van der Waals surface area (Å²) in [6.07, 6.45) is 3.71. The fourth-order valence-electron chi connectivity index (χ4n) is 1.88. The number of halogens is 1. The summed E-state index contributed by atoms with van der Waals surface area (Å²) in [5.74, 6) is 8.54. The molecule has 0 amide bonds. The third kappa shape index (κ3) is 4.17. The number of aryl methyl sites for hydroxylation is 1. The molecule has 0 saturated carbocycles. The lowest BCUT2D eigenvalue weighted by atomic mass is 10.2. The molecule has 1 aromatic carbocycles. The van der Waals surface area contributed by atoms with Crippen LogP contribution in [0.4, 0.5) is 0 Å². The lowest BCUT2D eigenvalue weighted by Crippen LogP contribution is -2.09. The number of rotatable bonds is 5. The molecule has 0 fully saturated rings. The van der Waals surface area contributed by atoms with Gasteiger partial charge in [0.25, 0.3) is 0 Å². The summed E-state index contributed by atoms with van der Waals surface area (Å²) in [5, 5.41) is 0. The molecular weight excluding hydrogens is 288 g/mol. The quantitative estimate of drug-likeness (QED) is 0.629. The molecular formula is C16H17ClN2O2. The largest absolute Gasteiger partial charge is 0.497 e. The number of methoxy groups -OCH3 is 1. The van der Waals surface area contributed by atoms with E-state index in [0.29, 0.717) is 6.61 Å². The van der Waals surface area contributed by atoms with Crippen molar-refractivity contribution < 1.29 is 9.47 Å². The van der Waals surface area contributed by atoms with Crippen LogP contribution in [0.3, 0.4) is 0 Å². The highest BCUT2D eigenvalue weighted by atomic mass is 35.5. The monoisotopic (exact) mass is 304 g/mol. The van der Waals surface area contributed by atoms with E-state index in [2.05, 4.69) is 16.8 Å². The maximum atomic E-state index is 5.81. The van der Waals surface area contributed by atoms with Crippen LogP contribution in [0, 0.1) is 18.8 Å². The molecule has 1 heterocycles. The van der Waals surface area contributed by atoms with Crippen LogP contribution in [-0.2, 0) is 6.54 Å². The molecule has 0 N–H and O–H groups in total. The number of hydrogen-bond acceptors (Lipinski definition) is 3. The molecule has 5 heteroatoms. The van der Waals surface area contributed by atoms with Gasteiger partial charge in [0.1, 0.15) is 23.9 Å². The van der Waals surface area contributed by atoms with Crippen LogP contribution in [-0.4, -0.2) is 29.1 Å². The van der Waals surface area contributed by atoms with Crippen LogP contribution < -0.4 is 9.47 Å². The number of imidazole rings is 1. The van der Waals surface area contributed by atoms with Crippen LogP contribution in [0.5, 0.6) is 11.5 Å². The number of ether oxygens (including phenoxy) is 2. The minimum atomic E-state index is 0.283. The first-order valence-electron chi connectivity index (χ1n) is 6.58. The molecule has 1 aromatic heterocycles. The number of alkyl halides is 1. The average molecular weight is 305 g/mol. The fraction of sp³-hybridized carbons (Fsp3) is 0.312. The van der Waals surface area contributed by atoms with Gasteiger partial charge in [-0.2, -0.15) is 0 Å². The fourth-order valence-corrected chi connectivity index (χ4v) is 1.95. The summed E-state index contributed by atoms with van der Waals surface area (Å²) in [4.78, 5) is 4.18. The predicted molar refractivity (Wildman–Crippen MR) is 83.1 cm³/mol.